The molecule has 8 nitrogen and oxygen atoms in total. The predicted molar refractivity (Wildman–Crippen MR) is 95.9 cm³/mol. The number of amides is 3. The Kier molecular flexibility index (Phi) is 4.60. The van der Waals surface area contributed by atoms with Crippen LogP contribution in [0.2, 0.25) is 0 Å². The van der Waals surface area contributed by atoms with E-state index in [9.17, 15) is 23.1 Å². The summed E-state index contributed by atoms with van der Waals surface area (Å²) in [7, 11) is -0.0857. The minimum absolute atomic E-state index is 0.101. The number of benzene rings is 1. The molecule has 2 heterocycles. The summed E-state index contributed by atoms with van der Waals surface area (Å²) in [5.41, 5.74) is 0.976. The number of piperazine rings is 1. The predicted octanol–water partition coefficient (Wildman–Crippen LogP) is 0.306. The summed E-state index contributed by atoms with van der Waals surface area (Å²) in [5.74, 6) is -0.450. The summed E-state index contributed by atoms with van der Waals surface area (Å²) in [6, 6.07) is 3.24. The van der Waals surface area contributed by atoms with Crippen molar-refractivity contribution in [3.05, 3.63) is 29.3 Å². The van der Waals surface area contributed by atoms with Crippen LogP contribution in [-0.2, 0) is 9.84 Å². The molecule has 0 aromatic heterocycles. The van der Waals surface area contributed by atoms with Gasteiger partial charge in [-0.2, -0.15) is 0 Å². The van der Waals surface area contributed by atoms with Crippen molar-refractivity contribution in [2.24, 2.45) is 0 Å². The van der Waals surface area contributed by atoms with Crippen LogP contribution in [0.4, 0.5) is 4.79 Å². The first-order valence-electron chi connectivity index (χ1n) is 8.39. The molecule has 142 valence electrons. The van der Waals surface area contributed by atoms with Gasteiger partial charge in [0, 0.05) is 32.7 Å². The second kappa shape index (κ2) is 6.46. The largest absolute Gasteiger partial charge is 0.508 e. The van der Waals surface area contributed by atoms with E-state index in [4.69, 9.17) is 0 Å². The minimum Gasteiger partial charge on any atom is -0.508 e. The molecule has 3 rings (SSSR count). The third-order valence-corrected chi connectivity index (χ3v) is 6.71. The molecule has 0 radical (unpaired) electrons. The van der Waals surface area contributed by atoms with Crippen LogP contribution in [0.15, 0.2) is 18.2 Å². The number of fused-ring (bicyclic) bond motifs is 1. The number of carbonyl (C=O) groups is 2. The average molecular weight is 381 g/mol. The molecule has 1 aromatic rings. The monoisotopic (exact) mass is 381 g/mol. The number of phenols is 1. The van der Waals surface area contributed by atoms with Gasteiger partial charge in [0.15, 0.2) is 9.84 Å². The van der Waals surface area contributed by atoms with E-state index in [1.807, 2.05) is 0 Å². The van der Waals surface area contributed by atoms with Crippen LogP contribution in [0, 0.1) is 6.92 Å². The molecular formula is C17H23N3O5S. The van der Waals surface area contributed by atoms with E-state index in [0.29, 0.717) is 11.1 Å². The van der Waals surface area contributed by atoms with Crippen LogP contribution in [-0.4, -0.2) is 90.9 Å². The van der Waals surface area contributed by atoms with Gasteiger partial charge in [-0.15, -0.1) is 0 Å². The van der Waals surface area contributed by atoms with Crippen molar-refractivity contribution in [3.63, 3.8) is 0 Å². The lowest BCUT2D eigenvalue weighted by molar-refractivity contribution is 0.0393. The van der Waals surface area contributed by atoms with Crippen molar-refractivity contribution >= 4 is 21.8 Å². The topological polar surface area (TPSA) is 98.2 Å². The standard InChI is InChI=1S/C17H23N3O5S/c1-11-8-12(4-5-15(11)21)16(22)19-6-7-20(17(23)18(2)3)14-10-26(24,25)9-13(14)19/h4-5,8,13-14,21H,6-7,9-10H2,1-3H3/t13-,14+/m0/s1. The van der Waals surface area contributed by atoms with Crippen LogP contribution in [0.5, 0.6) is 5.75 Å². The fourth-order valence-electron chi connectivity index (χ4n) is 3.65. The minimum atomic E-state index is -3.33. The van der Waals surface area contributed by atoms with Gasteiger partial charge >= 0.3 is 6.03 Å². The maximum Gasteiger partial charge on any atom is 0.319 e. The lowest BCUT2D eigenvalue weighted by Crippen LogP contribution is -2.63. The van der Waals surface area contributed by atoms with Crippen molar-refractivity contribution in [2.45, 2.75) is 19.0 Å². The van der Waals surface area contributed by atoms with Gasteiger partial charge in [0.05, 0.1) is 23.6 Å². The summed E-state index contributed by atoms with van der Waals surface area (Å²) in [6.07, 6.45) is 0. The fourth-order valence-corrected chi connectivity index (χ4v) is 5.63. The zero-order chi connectivity index (χ0) is 19.2. The Balaban J connectivity index is 1.91. The first-order chi connectivity index (χ1) is 12.1. The van der Waals surface area contributed by atoms with Crippen molar-refractivity contribution in [2.75, 3.05) is 38.7 Å². The number of aromatic hydroxyl groups is 1. The molecule has 0 saturated carbocycles. The first kappa shape index (κ1) is 18.5. The van der Waals surface area contributed by atoms with Crippen molar-refractivity contribution in [3.8, 4) is 5.75 Å². The molecule has 0 unspecified atom stereocenters. The SMILES string of the molecule is Cc1cc(C(=O)N2CCN(C(=O)N(C)C)[C@@H]3CS(=O)(=O)C[C@@H]32)ccc1O. The molecular weight excluding hydrogens is 358 g/mol. The lowest BCUT2D eigenvalue weighted by Gasteiger charge is -2.44. The van der Waals surface area contributed by atoms with Gasteiger partial charge in [0.1, 0.15) is 5.75 Å². The molecule has 1 aromatic carbocycles. The Morgan fingerprint density at radius 2 is 1.69 bits per heavy atom. The number of nitrogens with zero attached hydrogens (tertiary/aromatic N) is 3. The molecule has 2 saturated heterocycles. The van der Waals surface area contributed by atoms with Crippen LogP contribution in [0.25, 0.3) is 0 Å². The Morgan fingerprint density at radius 1 is 1.12 bits per heavy atom. The Labute approximate surface area is 152 Å². The summed E-state index contributed by atoms with van der Waals surface area (Å²) in [6.45, 7) is 2.26. The Bertz CT molecular complexity index is 852. The molecule has 2 fully saturated rings. The number of urea groups is 1. The number of sulfone groups is 1. The molecule has 26 heavy (non-hydrogen) atoms. The van der Waals surface area contributed by atoms with E-state index in [2.05, 4.69) is 0 Å². The first-order valence-corrected chi connectivity index (χ1v) is 10.2. The third kappa shape index (κ3) is 3.23. The molecule has 0 bridgehead atoms. The normalized spacial score (nSPS) is 24.3. The van der Waals surface area contributed by atoms with Crippen LogP contribution < -0.4 is 0 Å². The maximum atomic E-state index is 13.0. The quantitative estimate of drug-likeness (QED) is 0.755. The number of rotatable bonds is 1. The highest BCUT2D eigenvalue weighted by molar-refractivity contribution is 7.91. The second-order valence-corrected chi connectivity index (χ2v) is 9.24. The van der Waals surface area contributed by atoms with E-state index in [1.54, 1.807) is 36.9 Å². The number of hydrogen-bond acceptors (Lipinski definition) is 5. The van der Waals surface area contributed by atoms with Crippen LogP contribution in [0.3, 0.4) is 0 Å². The van der Waals surface area contributed by atoms with Gasteiger partial charge in [0.2, 0.25) is 0 Å². The van der Waals surface area contributed by atoms with Gasteiger partial charge in [-0.1, -0.05) is 0 Å². The summed E-state index contributed by atoms with van der Waals surface area (Å²) >= 11 is 0. The second-order valence-electron chi connectivity index (χ2n) is 7.08. The average Bonchev–Trinajstić information content (AvgIpc) is 2.89. The molecule has 0 aliphatic carbocycles. The number of carbonyl (C=O) groups excluding carboxylic acids is 2. The van der Waals surface area contributed by atoms with E-state index in [-0.39, 0.29) is 42.3 Å². The highest BCUT2D eigenvalue weighted by Gasteiger charge is 2.49. The zero-order valence-corrected chi connectivity index (χ0v) is 15.9. The van der Waals surface area contributed by atoms with E-state index >= 15 is 0 Å². The summed E-state index contributed by atoms with van der Waals surface area (Å²) in [4.78, 5) is 29.9. The third-order valence-electron chi connectivity index (χ3n) is 5.01. The lowest BCUT2D eigenvalue weighted by atomic mass is 10.0. The van der Waals surface area contributed by atoms with E-state index in [0.717, 1.165) is 0 Å². The molecule has 2 aliphatic rings. The smallest absolute Gasteiger partial charge is 0.319 e. The van der Waals surface area contributed by atoms with Gasteiger partial charge in [-0.05, 0) is 30.7 Å². The molecule has 9 heteroatoms. The van der Waals surface area contributed by atoms with Crippen LogP contribution in [0.1, 0.15) is 15.9 Å². The Morgan fingerprint density at radius 3 is 2.27 bits per heavy atom. The zero-order valence-electron chi connectivity index (χ0n) is 15.0. The van der Waals surface area contributed by atoms with Gasteiger partial charge in [-0.3, -0.25) is 4.79 Å². The number of phenolic OH excluding ortho intramolecular Hbond substituents is 1. The number of hydrogen-bond donors (Lipinski definition) is 1. The molecule has 0 spiro atoms. The molecule has 2 atom stereocenters. The summed E-state index contributed by atoms with van der Waals surface area (Å²) in [5, 5.41) is 9.65. The highest BCUT2D eigenvalue weighted by atomic mass is 32.2. The maximum absolute atomic E-state index is 13.0. The Hall–Kier alpha value is -2.29. The van der Waals surface area contributed by atoms with Crippen molar-refractivity contribution in [1.82, 2.24) is 14.7 Å². The van der Waals surface area contributed by atoms with E-state index < -0.39 is 21.9 Å². The van der Waals surface area contributed by atoms with Crippen molar-refractivity contribution < 1.29 is 23.1 Å². The fraction of sp³-hybridized carbons (Fsp3) is 0.529. The van der Waals surface area contributed by atoms with Crippen LogP contribution >= 0.6 is 0 Å². The number of aryl methyl sites for hydroxylation is 1. The van der Waals surface area contributed by atoms with Crippen molar-refractivity contribution in [1.29, 1.82) is 0 Å². The molecule has 1 N–H and O–H groups in total. The molecule has 2 aliphatic heterocycles. The molecule has 3 amide bonds. The summed E-state index contributed by atoms with van der Waals surface area (Å²) < 4.78 is 24.4. The van der Waals surface area contributed by atoms with Gasteiger partial charge in [-0.25, -0.2) is 13.2 Å². The van der Waals surface area contributed by atoms with Gasteiger partial charge < -0.3 is 19.8 Å². The highest BCUT2D eigenvalue weighted by Crippen LogP contribution is 2.29. The van der Waals surface area contributed by atoms with E-state index in [1.165, 1.54) is 17.0 Å². The van der Waals surface area contributed by atoms with Gasteiger partial charge in [0.25, 0.3) is 5.91 Å².